The van der Waals surface area contributed by atoms with Crippen LogP contribution in [-0.4, -0.2) is 40.3 Å². The minimum atomic E-state index is -0.0226. The lowest BCUT2D eigenvalue weighted by molar-refractivity contribution is 0.567. The Hall–Kier alpha value is -2.15. The Bertz CT molecular complexity index is 770. The number of H-pyrrole nitrogens is 2. The van der Waals surface area contributed by atoms with E-state index in [0.29, 0.717) is 12.5 Å². The van der Waals surface area contributed by atoms with Gasteiger partial charge in [0.25, 0.3) is 5.56 Å². The molecule has 2 aromatic heterocycles. The summed E-state index contributed by atoms with van der Waals surface area (Å²) >= 11 is 0. The van der Waals surface area contributed by atoms with E-state index in [-0.39, 0.29) is 11.0 Å². The van der Waals surface area contributed by atoms with Crippen molar-refractivity contribution in [1.29, 1.82) is 0 Å². The van der Waals surface area contributed by atoms with Crippen molar-refractivity contribution in [1.82, 2.24) is 25.5 Å². The molecule has 7 nitrogen and oxygen atoms in total. The van der Waals surface area contributed by atoms with Crippen LogP contribution in [0.3, 0.4) is 0 Å². The van der Waals surface area contributed by atoms with E-state index in [2.05, 4.69) is 52.3 Å². The van der Waals surface area contributed by atoms with Gasteiger partial charge in [0.2, 0.25) is 5.95 Å². The maximum absolute atomic E-state index is 12.4. The van der Waals surface area contributed by atoms with E-state index >= 15 is 0 Å². The molecule has 3 heterocycles. The Balaban J connectivity index is 1.81. The maximum Gasteiger partial charge on any atom is 0.255 e. The van der Waals surface area contributed by atoms with Crippen molar-refractivity contribution >= 4 is 5.95 Å². The van der Waals surface area contributed by atoms with Crippen molar-refractivity contribution in [3.63, 3.8) is 0 Å². The van der Waals surface area contributed by atoms with Crippen molar-refractivity contribution in [2.24, 2.45) is 0 Å². The van der Waals surface area contributed by atoms with Crippen LogP contribution in [0, 0.1) is 0 Å². The first-order valence-electron chi connectivity index (χ1n) is 8.43. The van der Waals surface area contributed by atoms with Crippen LogP contribution in [0.15, 0.2) is 10.9 Å². The Morgan fingerprint density at radius 2 is 2.00 bits per heavy atom. The van der Waals surface area contributed by atoms with E-state index in [1.165, 1.54) is 0 Å². The van der Waals surface area contributed by atoms with Crippen LogP contribution < -0.4 is 15.8 Å². The Morgan fingerprint density at radius 3 is 2.71 bits per heavy atom. The van der Waals surface area contributed by atoms with Gasteiger partial charge in [-0.1, -0.05) is 20.8 Å². The molecule has 3 rings (SSSR count). The van der Waals surface area contributed by atoms with E-state index in [1.54, 1.807) is 0 Å². The predicted octanol–water partition coefficient (Wildman–Crippen LogP) is 1.12. The average Bonchev–Trinajstić information content (AvgIpc) is 2.84. The molecule has 130 valence electrons. The van der Waals surface area contributed by atoms with Crippen molar-refractivity contribution < 1.29 is 0 Å². The molecule has 0 atom stereocenters. The smallest absolute Gasteiger partial charge is 0.255 e. The maximum atomic E-state index is 12.4. The molecule has 3 N–H and O–H groups in total. The fraction of sp³-hybridized carbons (Fsp3) is 0.588. The summed E-state index contributed by atoms with van der Waals surface area (Å²) in [5.74, 6) is 0.604. The predicted molar refractivity (Wildman–Crippen MR) is 94.5 cm³/mol. The fourth-order valence-corrected chi connectivity index (χ4v) is 2.88. The van der Waals surface area contributed by atoms with Gasteiger partial charge in [0.15, 0.2) is 0 Å². The molecule has 0 spiro atoms. The summed E-state index contributed by atoms with van der Waals surface area (Å²) in [5.41, 5.74) is 3.74. The average molecular weight is 330 g/mol. The van der Waals surface area contributed by atoms with Crippen LogP contribution in [-0.2, 0) is 24.8 Å². The van der Waals surface area contributed by atoms with Crippen LogP contribution >= 0.6 is 0 Å². The molecule has 0 saturated heterocycles. The second-order valence-corrected chi connectivity index (χ2v) is 7.45. The van der Waals surface area contributed by atoms with Gasteiger partial charge >= 0.3 is 0 Å². The van der Waals surface area contributed by atoms with Crippen LogP contribution in [0.25, 0.3) is 0 Å². The molecule has 7 heteroatoms. The zero-order valence-electron chi connectivity index (χ0n) is 14.9. The van der Waals surface area contributed by atoms with Crippen LogP contribution in [0.1, 0.15) is 43.4 Å². The minimum absolute atomic E-state index is 0.0109. The van der Waals surface area contributed by atoms with Gasteiger partial charge in [0.1, 0.15) is 0 Å². The first-order chi connectivity index (χ1) is 11.3. The Morgan fingerprint density at radius 1 is 1.25 bits per heavy atom. The van der Waals surface area contributed by atoms with E-state index in [4.69, 9.17) is 0 Å². The number of hydrogen-bond donors (Lipinski definition) is 3. The fourth-order valence-electron chi connectivity index (χ4n) is 2.88. The molecule has 1 aliphatic rings. The number of hydrogen-bond acceptors (Lipinski definition) is 5. The van der Waals surface area contributed by atoms with Crippen molar-refractivity contribution in [3.05, 3.63) is 39.1 Å². The highest BCUT2D eigenvalue weighted by atomic mass is 16.1. The van der Waals surface area contributed by atoms with Gasteiger partial charge in [-0.15, -0.1) is 0 Å². The second-order valence-electron chi connectivity index (χ2n) is 7.45. The molecule has 0 radical (unpaired) electrons. The second kappa shape index (κ2) is 6.39. The van der Waals surface area contributed by atoms with Gasteiger partial charge < -0.3 is 10.2 Å². The minimum Gasteiger partial charge on any atom is -0.340 e. The third-order valence-corrected chi connectivity index (χ3v) is 4.35. The molecule has 0 aromatic carbocycles. The number of aromatic nitrogens is 4. The van der Waals surface area contributed by atoms with Crippen molar-refractivity contribution in [2.75, 3.05) is 25.0 Å². The summed E-state index contributed by atoms with van der Waals surface area (Å²) in [6, 6.07) is 2.07. The van der Waals surface area contributed by atoms with E-state index in [0.717, 1.165) is 48.6 Å². The lowest BCUT2D eigenvalue weighted by atomic mass is 9.92. The van der Waals surface area contributed by atoms with E-state index in [9.17, 15) is 4.79 Å². The van der Waals surface area contributed by atoms with Gasteiger partial charge in [-0.05, 0) is 19.0 Å². The first-order valence-corrected chi connectivity index (χ1v) is 8.43. The summed E-state index contributed by atoms with van der Waals surface area (Å²) in [4.78, 5) is 21.9. The summed E-state index contributed by atoms with van der Waals surface area (Å²) in [5, 5.41) is 10.8. The molecule has 0 aliphatic carbocycles. The Kier molecular flexibility index (Phi) is 4.45. The molecule has 0 unspecified atom stereocenters. The van der Waals surface area contributed by atoms with Crippen molar-refractivity contribution in [3.8, 4) is 0 Å². The highest BCUT2D eigenvalue weighted by molar-refractivity contribution is 5.34. The van der Waals surface area contributed by atoms with Crippen LogP contribution in [0.2, 0.25) is 0 Å². The molecule has 24 heavy (non-hydrogen) atoms. The normalized spacial score (nSPS) is 15.0. The number of nitrogens with one attached hydrogen (secondary N) is 3. The molecule has 2 aromatic rings. The van der Waals surface area contributed by atoms with Gasteiger partial charge in [0.05, 0.1) is 23.6 Å². The number of rotatable bonds is 3. The summed E-state index contributed by atoms with van der Waals surface area (Å²) in [6.45, 7) is 8.71. The van der Waals surface area contributed by atoms with Gasteiger partial charge in [0, 0.05) is 31.0 Å². The number of fused-ring (bicyclic) bond motifs is 1. The summed E-state index contributed by atoms with van der Waals surface area (Å²) in [7, 11) is 1.93. The lowest BCUT2D eigenvalue weighted by Crippen LogP contribution is -2.26. The summed E-state index contributed by atoms with van der Waals surface area (Å²) in [6.07, 6.45) is 1.52. The highest BCUT2D eigenvalue weighted by Crippen LogP contribution is 2.21. The van der Waals surface area contributed by atoms with Crippen LogP contribution in [0.5, 0.6) is 0 Å². The SMILES string of the molecule is CN(Cc1cc(C(C)(C)C)n[nH]1)c1nc2c(c(=O)[nH]1)CCNCC2. The van der Waals surface area contributed by atoms with Gasteiger partial charge in [-0.3, -0.25) is 14.9 Å². The Labute approximate surface area is 141 Å². The number of aromatic amines is 2. The number of anilines is 1. The number of nitrogens with zero attached hydrogens (tertiary/aromatic N) is 3. The quantitative estimate of drug-likeness (QED) is 0.784. The summed E-state index contributed by atoms with van der Waals surface area (Å²) < 4.78 is 0. The lowest BCUT2D eigenvalue weighted by Gasteiger charge is -2.18. The monoisotopic (exact) mass is 330 g/mol. The molecule has 1 aliphatic heterocycles. The zero-order valence-corrected chi connectivity index (χ0v) is 14.9. The van der Waals surface area contributed by atoms with Gasteiger partial charge in [-0.2, -0.15) is 5.10 Å². The molecule has 0 fully saturated rings. The molecular formula is C17H26N6O. The molecule has 0 saturated carbocycles. The zero-order chi connectivity index (χ0) is 17.3. The van der Waals surface area contributed by atoms with Crippen LogP contribution in [0.4, 0.5) is 5.95 Å². The third kappa shape index (κ3) is 3.51. The van der Waals surface area contributed by atoms with Gasteiger partial charge in [-0.25, -0.2) is 4.98 Å². The van der Waals surface area contributed by atoms with E-state index in [1.807, 2.05) is 11.9 Å². The topological polar surface area (TPSA) is 89.7 Å². The standard InChI is InChI=1S/C17H26N6O/c1-17(2,3)14-9-11(21-22-14)10-23(4)16-19-13-6-8-18-7-5-12(13)15(24)20-16/h9,18H,5-8,10H2,1-4H3,(H,21,22)(H,19,20,24). The first kappa shape index (κ1) is 16.7. The molecule has 0 bridgehead atoms. The third-order valence-electron chi connectivity index (χ3n) is 4.35. The van der Waals surface area contributed by atoms with E-state index < -0.39 is 0 Å². The largest absolute Gasteiger partial charge is 0.340 e. The molecular weight excluding hydrogens is 304 g/mol. The highest BCUT2D eigenvalue weighted by Gasteiger charge is 2.19. The molecule has 0 amide bonds. The van der Waals surface area contributed by atoms with Crippen molar-refractivity contribution in [2.45, 2.75) is 45.6 Å².